The predicted octanol–water partition coefficient (Wildman–Crippen LogP) is 3.49. The van der Waals surface area contributed by atoms with Crippen molar-refractivity contribution in [1.29, 1.82) is 0 Å². The average Bonchev–Trinajstić information content (AvgIpc) is 2.97. The molecule has 0 unspecified atom stereocenters. The molecule has 0 atom stereocenters. The third-order valence-corrected chi connectivity index (χ3v) is 4.89. The van der Waals surface area contributed by atoms with Crippen LogP contribution in [0.2, 0.25) is 5.02 Å². The van der Waals surface area contributed by atoms with Gasteiger partial charge in [-0.05, 0) is 36.8 Å². The number of hydrogen-bond acceptors (Lipinski definition) is 5. The van der Waals surface area contributed by atoms with E-state index in [0.29, 0.717) is 27.3 Å². The first-order valence-electron chi connectivity index (χ1n) is 7.59. The smallest absolute Gasteiger partial charge is 0.234 e. The molecule has 26 heavy (non-hydrogen) atoms. The average molecular weight is 392 g/mol. The minimum Gasteiger partial charge on any atom is -0.335 e. The van der Waals surface area contributed by atoms with E-state index in [9.17, 15) is 9.18 Å². The Kier molecular flexibility index (Phi) is 5.43. The van der Waals surface area contributed by atoms with Gasteiger partial charge in [-0.2, -0.15) is 0 Å². The first kappa shape index (κ1) is 18.2. The minimum atomic E-state index is -0.393. The van der Waals surface area contributed by atoms with Gasteiger partial charge in [-0.3, -0.25) is 4.79 Å². The van der Waals surface area contributed by atoms with E-state index >= 15 is 0 Å². The molecule has 134 valence electrons. The number of benzene rings is 2. The van der Waals surface area contributed by atoms with Crippen LogP contribution in [0.15, 0.2) is 47.6 Å². The molecule has 0 radical (unpaired) electrons. The van der Waals surface area contributed by atoms with Crippen LogP contribution in [0.25, 0.3) is 11.4 Å². The highest BCUT2D eigenvalue weighted by Gasteiger charge is 2.14. The molecule has 3 N–H and O–H groups in total. The number of nitrogens with two attached hydrogens (primary N) is 1. The van der Waals surface area contributed by atoms with Crippen molar-refractivity contribution in [2.45, 2.75) is 12.1 Å². The van der Waals surface area contributed by atoms with E-state index in [1.807, 2.05) is 13.0 Å². The number of rotatable bonds is 5. The largest absolute Gasteiger partial charge is 0.335 e. The van der Waals surface area contributed by atoms with Gasteiger partial charge in [0.2, 0.25) is 11.1 Å². The number of aryl methyl sites for hydroxylation is 1. The van der Waals surface area contributed by atoms with Crippen LogP contribution in [0.3, 0.4) is 0 Å². The molecular formula is C17H15ClFN5OS. The van der Waals surface area contributed by atoms with Crippen molar-refractivity contribution < 1.29 is 9.18 Å². The molecule has 0 aliphatic rings. The third kappa shape index (κ3) is 4.14. The van der Waals surface area contributed by atoms with Crippen molar-refractivity contribution in [3.63, 3.8) is 0 Å². The van der Waals surface area contributed by atoms with E-state index in [4.69, 9.17) is 17.4 Å². The maximum atomic E-state index is 13.3. The maximum absolute atomic E-state index is 13.3. The van der Waals surface area contributed by atoms with Gasteiger partial charge < -0.3 is 11.2 Å². The summed E-state index contributed by atoms with van der Waals surface area (Å²) in [5, 5.41) is 11.6. The molecule has 3 aromatic rings. The standard InChI is InChI=1S/C17H15ClFN5OS/c1-10-5-6-13(8-14(10)18)21-15(25)9-26-17-23-22-16(24(17)20)11-3-2-4-12(19)7-11/h2-8H,9,20H2,1H3,(H,21,25). The third-order valence-electron chi connectivity index (χ3n) is 3.54. The van der Waals surface area contributed by atoms with Crippen molar-refractivity contribution in [2.24, 2.45) is 0 Å². The fourth-order valence-corrected chi connectivity index (χ4v) is 3.03. The zero-order chi connectivity index (χ0) is 18.7. The SMILES string of the molecule is Cc1ccc(NC(=O)CSc2nnc(-c3cccc(F)c3)n2N)cc1Cl. The molecular weight excluding hydrogens is 377 g/mol. The first-order valence-corrected chi connectivity index (χ1v) is 8.95. The molecule has 6 nitrogen and oxygen atoms in total. The number of halogens is 2. The van der Waals surface area contributed by atoms with Crippen LogP contribution in [-0.2, 0) is 4.79 Å². The molecule has 0 aliphatic carbocycles. The summed E-state index contributed by atoms with van der Waals surface area (Å²) in [6.07, 6.45) is 0. The van der Waals surface area contributed by atoms with Gasteiger partial charge in [0.15, 0.2) is 5.82 Å². The number of aromatic nitrogens is 3. The fourth-order valence-electron chi connectivity index (χ4n) is 2.20. The quantitative estimate of drug-likeness (QED) is 0.513. The number of nitrogens with one attached hydrogen (secondary N) is 1. The van der Waals surface area contributed by atoms with Gasteiger partial charge in [-0.25, -0.2) is 9.07 Å². The summed E-state index contributed by atoms with van der Waals surface area (Å²) in [6.45, 7) is 1.88. The molecule has 1 aromatic heterocycles. The van der Waals surface area contributed by atoms with Gasteiger partial charge in [0, 0.05) is 16.3 Å². The number of thioether (sulfide) groups is 1. The highest BCUT2D eigenvalue weighted by molar-refractivity contribution is 7.99. The van der Waals surface area contributed by atoms with Gasteiger partial charge >= 0.3 is 0 Å². The molecule has 1 amide bonds. The number of nitrogens with zero attached hydrogens (tertiary/aromatic N) is 3. The van der Waals surface area contributed by atoms with Crippen molar-refractivity contribution in [1.82, 2.24) is 14.9 Å². The molecule has 0 fully saturated rings. The minimum absolute atomic E-state index is 0.0873. The lowest BCUT2D eigenvalue weighted by Gasteiger charge is -2.07. The molecule has 0 spiro atoms. The van der Waals surface area contributed by atoms with Crippen LogP contribution in [0.5, 0.6) is 0 Å². The summed E-state index contributed by atoms with van der Waals surface area (Å²) in [4.78, 5) is 12.1. The number of anilines is 1. The zero-order valence-corrected chi connectivity index (χ0v) is 15.3. The highest BCUT2D eigenvalue weighted by atomic mass is 35.5. The van der Waals surface area contributed by atoms with Crippen LogP contribution < -0.4 is 11.2 Å². The first-order chi connectivity index (χ1) is 12.4. The summed E-state index contributed by atoms with van der Waals surface area (Å²) in [5.74, 6) is 5.74. The summed E-state index contributed by atoms with van der Waals surface area (Å²) in [7, 11) is 0. The fraction of sp³-hybridized carbons (Fsp3) is 0.118. The molecule has 2 aromatic carbocycles. The monoisotopic (exact) mass is 391 g/mol. The molecule has 0 saturated heterocycles. The van der Waals surface area contributed by atoms with E-state index < -0.39 is 5.82 Å². The van der Waals surface area contributed by atoms with Crippen molar-refractivity contribution >= 4 is 35.0 Å². The van der Waals surface area contributed by atoms with E-state index in [1.54, 1.807) is 24.3 Å². The Morgan fingerprint density at radius 2 is 2.12 bits per heavy atom. The second-order valence-corrected chi connectivity index (χ2v) is 6.84. The Morgan fingerprint density at radius 1 is 1.31 bits per heavy atom. The van der Waals surface area contributed by atoms with Gasteiger partial charge in [-0.1, -0.05) is 41.6 Å². The Bertz CT molecular complexity index is 962. The second-order valence-electron chi connectivity index (χ2n) is 5.49. The van der Waals surface area contributed by atoms with Gasteiger partial charge in [-0.15, -0.1) is 10.2 Å². The van der Waals surface area contributed by atoms with E-state index in [0.717, 1.165) is 17.3 Å². The van der Waals surface area contributed by atoms with Crippen LogP contribution in [0, 0.1) is 12.7 Å². The van der Waals surface area contributed by atoms with Gasteiger partial charge in [0.1, 0.15) is 5.82 Å². The zero-order valence-electron chi connectivity index (χ0n) is 13.7. The normalized spacial score (nSPS) is 10.7. The molecule has 0 bridgehead atoms. The Labute approximate surface area is 158 Å². The Hall–Kier alpha value is -2.58. The Balaban J connectivity index is 1.64. The molecule has 9 heteroatoms. The lowest BCUT2D eigenvalue weighted by Crippen LogP contribution is -2.16. The van der Waals surface area contributed by atoms with E-state index in [2.05, 4.69) is 15.5 Å². The van der Waals surface area contributed by atoms with E-state index in [-0.39, 0.29) is 11.7 Å². The van der Waals surface area contributed by atoms with Crippen LogP contribution >= 0.6 is 23.4 Å². The van der Waals surface area contributed by atoms with Crippen LogP contribution in [0.1, 0.15) is 5.56 Å². The summed E-state index contributed by atoms with van der Waals surface area (Å²) < 4.78 is 14.6. The maximum Gasteiger partial charge on any atom is 0.234 e. The lowest BCUT2D eigenvalue weighted by molar-refractivity contribution is -0.113. The Morgan fingerprint density at radius 3 is 2.85 bits per heavy atom. The van der Waals surface area contributed by atoms with Gasteiger partial charge in [0.25, 0.3) is 0 Å². The number of nitrogen functional groups attached to an aromatic ring is 1. The number of amides is 1. The summed E-state index contributed by atoms with van der Waals surface area (Å²) in [6, 6.07) is 11.2. The van der Waals surface area contributed by atoms with Crippen molar-refractivity contribution in [2.75, 3.05) is 16.9 Å². The molecule has 0 saturated carbocycles. The van der Waals surface area contributed by atoms with Crippen molar-refractivity contribution in [3.8, 4) is 11.4 Å². The number of hydrogen-bond donors (Lipinski definition) is 2. The molecule has 1 heterocycles. The second kappa shape index (κ2) is 7.76. The predicted molar refractivity (Wildman–Crippen MR) is 101 cm³/mol. The summed E-state index contributed by atoms with van der Waals surface area (Å²) >= 11 is 7.17. The van der Waals surface area contributed by atoms with Crippen LogP contribution in [-0.4, -0.2) is 26.5 Å². The number of carbonyl (C=O) groups excluding carboxylic acids is 1. The lowest BCUT2D eigenvalue weighted by atomic mass is 10.2. The highest BCUT2D eigenvalue weighted by Crippen LogP contribution is 2.23. The van der Waals surface area contributed by atoms with Crippen LogP contribution in [0.4, 0.5) is 10.1 Å². The van der Waals surface area contributed by atoms with Gasteiger partial charge in [0.05, 0.1) is 5.75 Å². The number of carbonyl (C=O) groups is 1. The van der Waals surface area contributed by atoms with Crippen molar-refractivity contribution in [3.05, 3.63) is 58.9 Å². The topological polar surface area (TPSA) is 85.8 Å². The molecule has 3 rings (SSSR count). The summed E-state index contributed by atoms with van der Waals surface area (Å²) in [5.41, 5.74) is 2.05. The molecule has 0 aliphatic heterocycles. The van der Waals surface area contributed by atoms with E-state index in [1.165, 1.54) is 16.8 Å².